The van der Waals surface area contributed by atoms with Crippen LogP contribution in [-0.4, -0.2) is 32.1 Å². The lowest BCUT2D eigenvalue weighted by Gasteiger charge is -2.24. The van der Waals surface area contributed by atoms with Gasteiger partial charge in [-0.05, 0) is 38.5 Å². The summed E-state index contributed by atoms with van der Waals surface area (Å²) in [7, 11) is 0. The Morgan fingerprint density at radius 2 is 2.08 bits per heavy atom. The zero-order valence-electron chi connectivity index (χ0n) is 13.6. The Labute approximate surface area is 155 Å². The third-order valence-corrected chi connectivity index (χ3v) is 5.02. The molecular formula is C15H19Cl2N5OS. The minimum Gasteiger partial charge on any atom is -0.351 e. The van der Waals surface area contributed by atoms with Crippen molar-refractivity contribution in [3.05, 3.63) is 28.2 Å². The van der Waals surface area contributed by atoms with Crippen LogP contribution in [0.5, 0.6) is 0 Å². The number of thioether (sulfide) groups is 1. The van der Waals surface area contributed by atoms with Crippen LogP contribution in [0.4, 0.5) is 0 Å². The Bertz CT molecular complexity index is 747. The molecule has 9 heteroatoms. The van der Waals surface area contributed by atoms with Gasteiger partial charge in [-0.25, -0.2) is 4.68 Å². The number of rotatable bonds is 6. The molecular weight excluding hydrogens is 369 g/mol. The Morgan fingerprint density at radius 3 is 2.71 bits per heavy atom. The zero-order valence-corrected chi connectivity index (χ0v) is 16.0. The maximum absolute atomic E-state index is 12.0. The molecule has 0 saturated heterocycles. The van der Waals surface area contributed by atoms with Crippen LogP contribution in [0.2, 0.25) is 10.0 Å². The van der Waals surface area contributed by atoms with Crippen molar-refractivity contribution in [1.29, 1.82) is 0 Å². The van der Waals surface area contributed by atoms with Crippen molar-refractivity contribution in [3.8, 4) is 11.4 Å². The molecule has 2 rings (SSSR count). The Hall–Kier alpha value is -1.44. The Morgan fingerprint density at radius 1 is 1.38 bits per heavy atom. The summed E-state index contributed by atoms with van der Waals surface area (Å²) in [6.45, 7) is 5.97. The van der Waals surface area contributed by atoms with Crippen molar-refractivity contribution < 1.29 is 4.79 Å². The minimum absolute atomic E-state index is 0.0825. The van der Waals surface area contributed by atoms with E-state index in [1.54, 1.807) is 18.2 Å². The minimum atomic E-state index is -0.240. The summed E-state index contributed by atoms with van der Waals surface area (Å²) in [5.74, 6) is 6.56. The Kier molecular flexibility index (Phi) is 6.01. The monoisotopic (exact) mass is 387 g/mol. The molecule has 24 heavy (non-hydrogen) atoms. The van der Waals surface area contributed by atoms with Crippen LogP contribution in [0.1, 0.15) is 27.2 Å². The lowest BCUT2D eigenvalue weighted by Crippen LogP contribution is -2.43. The van der Waals surface area contributed by atoms with Crippen molar-refractivity contribution in [2.24, 2.45) is 0 Å². The molecule has 0 aliphatic heterocycles. The summed E-state index contributed by atoms with van der Waals surface area (Å²) in [6, 6.07) is 5.04. The average molecular weight is 388 g/mol. The number of carbonyl (C=O) groups is 1. The molecule has 0 aliphatic rings. The number of nitrogens with one attached hydrogen (secondary N) is 1. The SMILES string of the molecule is CCC(C)(C)NC(=O)CSc1nnc(-c2ccc(Cl)cc2Cl)n1N. The third kappa shape index (κ3) is 4.55. The van der Waals surface area contributed by atoms with Crippen molar-refractivity contribution >= 4 is 40.9 Å². The number of amides is 1. The zero-order chi connectivity index (χ0) is 17.9. The van der Waals surface area contributed by atoms with Gasteiger partial charge in [-0.3, -0.25) is 4.79 Å². The fourth-order valence-corrected chi connectivity index (χ4v) is 3.01. The second-order valence-corrected chi connectivity index (χ2v) is 7.66. The molecule has 0 aliphatic carbocycles. The van der Waals surface area contributed by atoms with Crippen molar-refractivity contribution in [1.82, 2.24) is 20.2 Å². The first-order valence-electron chi connectivity index (χ1n) is 7.33. The van der Waals surface area contributed by atoms with Gasteiger partial charge < -0.3 is 11.2 Å². The number of hydrogen-bond acceptors (Lipinski definition) is 5. The van der Waals surface area contributed by atoms with Gasteiger partial charge >= 0.3 is 0 Å². The fourth-order valence-electron chi connectivity index (χ4n) is 1.86. The number of carbonyl (C=O) groups excluding carboxylic acids is 1. The first kappa shape index (κ1) is 18.9. The van der Waals surface area contributed by atoms with Gasteiger partial charge in [0.05, 0.1) is 10.8 Å². The van der Waals surface area contributed by atoms with Gasteiger partial charge in [-0.15, -0.1) is 10.2 Å². The molecule has 130 valence electrons. The molecule has 0 saturated carbocycles. The molecule has 1 amide bonds. The van der Waals surface area contributed by atoms with Crippen molar-refractivity contribution in [2.45, 2.75) is 37.9 Å². The lowest BCUT2D eigenvalue weighted by atomic mass is 10.0. The molecule has 0 atom stereocenters. The number of benzene rings is 1. The second-order valence-electron chi connectivity index (χ2n) is 5.87. The molecule has 0 unspecified atom stereocenters. The van der Waals surface area contributed by atoms with Crippen molar-refractivity contribution in [2.75, 3.05) is 11.6 Å². The summed E-state index contributed by atoms with van der Waals surface area (Å²) in [4.78, 5) is 12.0. The van der Waals surface area contributed by atoms with Crippen molar-refractivity contribution in [3.63, 3.8) is 0 Å². The van der Waals surface area contributed by atoms with Crippen LogP contribution in [0.25, 0.3) is 11.4 Å². The summed E-state index contributed by atoms with van der Waals surface area (Å²) in [5, 5.41) is 12.4. The van der Waals surface area contributed by atoms with E-state index in [1.165, 1.54) is 16.4 Å². The highest BCUT2D eigenvalue weighted by Crippen LogP contribution is 2.30. The Balaban J connectivity index is 2.09. The van der Waals surface area contributed by atoms with Crippen LogP contribution >= 0.6 is 35.0 Å². The summed E-state index contributed by atoms with van der Waals surface area (Å²) in [5.41, 5.74) is 0.384. The fraction of sp³-hybridized carbons (Fsp3) is 0.400. The number of nitrogens with zero attached hydrogens (tertiary/aromatic N) is 3. The van der Waals surface area contributed by atoms with E-state index >= 15 is 0 Å². The van der Waals surface area contributed by atoms with E-state index in [9.17, 15) is 4.79 Å². The molecule has 2 aromatic rings. The van der Waals surface area contributed by atoms with E-state index in [-0.39, 0.29) is 17.2 Å². The van der Waals surface area contributed by atoms with Gasteiger partial charge in [0.25, 0.3) is 0 Å². The normalized spacial score (nSPS) is 11.5. The molecule has 6 nitrogen and oxygen atoms in total. The molecule has 1 aromatic heterocycles. The maximum atomic E-state index is 12.0. The maximum Gasteiger partial charge on any atom is 0.230 e. The highest BCUT2D eigenvalue weighted by Gasteiger charge is 2.20. The molecule has 0 bridgehead atoms. The van der Waals surface area contributed by atoms with Crippen LogP contribution in [0.3, 0.4) is 0 Å². The van der Waals surface area contributed by atoms with Crippen LogP contribution in [-0.2, 0) is 4.79 Å². The first-order valence-corrected chi connectivity index (χ1v) is 9.07. The molecule has 3 N–H and O–H groups in total. The largest absolute Gasteiger partial charge is 0.351 e. The number of hydrogen-bond donors (Lipinski definition) is 2. The average Bonchev–Trinajstić information content (AvgIpc) is 2.86. The number of halogens is 2. The second kappa shape index (κ2) is 7.63. The van der Waals surface area contributed by atoms with E-state index in [0.717, 1.165) is 6.42 Å². The van der Waals surface area contributed by atoms with Crippen LogP contribution < -0.4 is 11.2 Å². The smallest absolute Gasteiger partial charge is 0.230 e. The van der Waals surface area contributed by atoms with E-state index in [0.29, 0.717) is 26.6 Å². The number of nitrogens with two attached hydrogens (primary N) is 1. The summed E-state index contributed by atoms with van der Waals surface area (Å²) in [6.07, 6.45) is 0.843. The van der Waals surface area contributed by atoms with E-state index in [4.69, 9.17) is 29.0 Å². The summed E-state index contributed by atoms with van der Waals surface area (Å²) >= 11 is 13.3. The quantitative estimate of drug-likeness (QED) is 0.586. The first-order chi connectivity index (χ1) is 11.2. The highest BCUT2D eigenvalue weighted by atomic mass is 35.5. The van der Waals surface area contributed by atoms with Crippen LogP contribution in [0, 0.1) is 0 Å². The van der Waals surface area contributed by atoms with Gasteiger partial charge in [0, 0.05) is 16.1 Å². The number of nitrogen functional groups attached to an aromatic ring is 1. The van der Waals surface area contributed by atoms with E-state index in [2.05, 4.69) is 15.5 Å². The predicted octanol–water partition coefficient (Wildman–Crippen LogP) is 3.36. The summed E-state index contributed by atoms with van der Waals surface area (Å²) < 4.78 is 1.32. The van der Waals surface area contributed by atoms with Gasteiger partial charge in [0.15, 0.2) is 5.82 Å². The number of aromatic nitrogens is 3. The molecule has 1 heterocycles. The predicted molar refractivity (Wildman–Crippen MR) is 98.9 cm³/mol. The molecule has 0 spiro atoms. The topological polar surface area (TPSA) is 85.8 Å². The molecule has 1 aromatic carbocycles. The van der Waals surface area contributed by atoms with E-state index in [1.807, 2.05) is 20.8 Å². The highest BCUT2D eigenvalue weighted by molar-refractivity contribution is 7.99. The van der Waals surface area contributed by atoms with E-state index < -0.39 is 0 Å². The van der Waals surface area contributed by atoms with Gasteiger partial charge in [-0.2, -0.15) is 0 Å². The third-order valence-electron chi connectivity index (χ3n) is 3.53. The standard InChI is InChI=1S/C15H19Cl2N5OS/c1-4-15(2,3)19-12(23)8-24-14-21-20-13(22(14)18)10-6-5-9(16)7-11(10)17/h5-7H,4,8,18H2,1-3H3,(H,19,23). The lowest BCUT2D eigenvalue weighted by molar-refractivity contribution is -0.120. The van der Waals surface area contributed by atoms with Gasteiger partial charge in [0.2, 0.25) is 11.1 Å². The van der Waals surface area contributed by atoms with Gasteiger partial charge in [-0.1, -0.05) is 41.9 Å². The molecule has 0 fully saturated rings. The molecule has 0 radical (unpaired) electrons. The van der Waals surface area contributed by atoms with Crippen LogP contribution in [0.15, 0.2) is 23.4 Å². The van der Waals surface area contributed by atoms with Gasteiger partial charge in [0.1, 0.15) is 0 Å².